The molecule has 0 unspecified atom stereocenters. The van der Waals surface area contributed by atoms with E-state index in [0.29, 0.717) is 0 Å². The second kappa shape index (κ2) is 21.8. The Balaban J connectivity index is 1.04. The van der Waals surface area contributed by atoms with Crippen LogP contribution in [0.2, 0.25) is 0 Å². The third-order valence-electron chi connectivity index (χ3n) is 17.7. The van der Waals surface area contributed by atoms with Crippen LogP contribution in [0.1, 0.15) is 68.4 Å². The molecule has 4 nitrogen and oxygen atoms in total. The smallest absolute Gasteiger partial charge is 0.253 e. The van der Waals surface area contributed by atoms with E-state index in [1.165, 1.54) is 112 Å². The third kappa shape index (κ3) is 9.39. The van der Waals surface area contributed by atoms with Gasteiger partial charge in [-0.05, 0) is 233 Å². The van der Waals surface area contributed by atoms with Crippen molar-refractivity contribution in [2.24, 2.45) is 0 Å². The minimum atomic E-state index is -0.111. The molecule has 0 aromatic heterocycles. The molecule has 0 fully saturated rings. The number of anilines is 12. The van der Waals surface area contributed by atoms with Gasteiger partial charge in [0.1, 0.15) is 0 Å². The van der Waals surface area contributed by atoms with Crippen molar-refractivity contribution in [3.63, 3.8) is 0 Å². The number of aryl methyl sites for hydroxylation is 4. The first-order chi connectivity index (χ1) is 41.9. The molecule has 9 heteroatoms. The van der Waals surface area contributed by atoms with Crippen LogP contribution >= 0.6 is 46.1 Å². The average molecular weight is 1260 g/mol. The lowest BCUT2D eigenvalue weighted by Gasteiger charge is -2.46. The summed E-state index contributed by atoms with van der Waals surface area (Å²) >= 11 is 6.61. The molecule has 0 N–H and O–H groups in total. The Bertz CT molecular complexity index is 4380. The van der Waals surface area contributed by atoms with Crippen molar-refractivity contribution < 1.29 is 0 Å². The largest absolute Gasteiger partial charge is 0.311 e. The zero-order chi connectivity index (χ0) is 58.5. The lowest BCUT2D eigenvalue weighted by atomic mass is 9.31. The fraction of sp³-hybridized carbons (Fsp3) is 0.143. The predicted octanol–water partition coefficient (Wildman–Crippen LogP) is 18.3. The Morgan fingerprint density at radius 1 is 0.407 bits per heavy atom. The van der Waals surface area contributed by atoms with Gasteiger partial charge in [-0.15, -0.1) is 0 Å². The van der Waals surface area contributed by atoms with E-state index < -0.39 is 0 Å². The number of rotatable bonds is 11. The molecule has 0 amide bonds. The van der Waals surface area contributed by atoms with E-state index in [9.17, 15) is 0 Å². The molecular weight excluding hydrogens is 1190 g/mol. The van der Waals surface area contributed by atoms with E-state index in [-0.39, 0.29) is 18.8 Å². The van der Waals surface area contributed by atoms with Gasteiger partial charge in [-0.25, -0.2) is 0 Å². The maximum Gasteiger partial charge on any atom is 0.253 e. The first-order valence-electron chi connectivity index (χ1n) is 30.3. The first-order valence-corrected chi connectivity index (χ1v) is 33.0. The summed E-state index contributed by atoms with van der Waals surface area (Å²) in [5, 5.41) is 0. The topological polar surface area (TPSA) is 13.0 Å². The fourth-order valence-corrected chi connectivity index (χ4v) is 17.8. The Kier molecular flexibility index (Phi) is 13.9. The molecule has 0 saturated carbocycles. The molecule has 15 rings (SSSR count). The Morgan fingerprint density at radius 3 is 1.44 bits per heavy atom. The van der Waals surface area contributed by atoms with Gasteiger partial charge in [-0.3, -0.25) is 0 Å². The molecule has 11 aromatic rings. The van der Waals surface area contributed by atoms with Crippen LogP contribution in [0.5, 0.6) is 0 Å². The molecular formula is C77H65B2IN4S2. The van der Waals surface area contributed by atoms with Gasteiger partial charge in [-0.2, -0.15) is 0 Å². The van der Waals surface area contributed by atoms with Gasteiger partial charge in [0.25, 0.3) is 6.71 Å². The molecule has 0 bridgehead atoms. The zero-order valence-corrected chi connectivity index (χ0v) is 53.5. The van der Waals surface area contributed by atoms with Crippen LogP contribution in [0.4, 0.5) is 68.2 Å². The summed E-state index contributed by atoms with van der Waals surface area (Å²) in [5.74, 6) is 0. The number of nitrogens with zero attached hydrogens (tertiary/aromatic N) is 4. The number of hydrogen-bond donors (Lipinski definition) is 0. The van der Waals surface area contributed by atoms with Gasteiger partial charge in [0.15, 0.2) is 0 Å². The van der Waals surface area contributed by atoms with Crippen molar-refractivity contribution in [1.82, 2.24) is 0 Å². The highest BCUT2D eigenvalue weighted by atomic mass is 127. The van der Waals surface area contributed by atoms with Crippen LogP contribution in [0.3, 0.4) is 0 Å². The molecule has 4 heterocycles. The van der Waals surface area contributed by atoms with Crippen LogP contribution in [0.15, 0.2) is 250 Å². The summed E-state index contributed by atoms with van der Waals surface area (Å²) in [5.41, 5.74) is 28.6. The molecule has 0 atom stereocenters. The molecule has 4 aliphatic rings. The SMILES string of the molecule is CCCCc1cc(C)cc(N2c3cc(C)cc(I)c3B3c4cc5c(cc4N(c4ccccc4)c4cc(N(c6ccccc6)c6ccccc6)cc2c43)Sc2cc(N(c3ccccc3)c3ccccc3)cc3c2B5c2c(cc(C)cc2C(C)(C)C)S3)c1. The molecule has 0 radical (unpaired) electrons. The number of para-hydroxylation sites is 5. The Labute approximate surface area is 530 Å². The quantitative estimate of drug-likeness (QED) is 0.0939. The maximum atomic E-state index is 2.70. The second-order valence-corrected chi connectivity index (χ2v) is 28.1. The summed E-state index contributed by atoms with van der Waals surface area (Å²) in [7, 11) is 0. The number of benzene rings is 11. The Morgan fingerprint density at radius 2 is 0.884 bits per heavy atom. The standard InChI is InChI=1S/C77H65B2IN4S2/c1-8-9-25-52-36-49(2)37-58(42-52)84-66-40-51(4)39-64(80)74(66)78-62-47-63-69(48-65(62)83(57-34-23-14-24-35-57)67-43-59(44-68(84)75(67)78)81(53-26-15-10-16-27-53)54-28-17-11-18-29-54)85-71-45-60(82(55-30-19-12-20-31-55)56-32-21-13-22-33-56)46-72-76(71)79(63)73-61(77(5,6)7)38-50(3)41-70(73)86-72/h10-24,26-48H,8-9,25H2,1-7H3. The average Bonchev–Trinajstić information content (AvgIpc) is 0.699. The highest BCUT2D eigenvalue weighted by Gasteiger charge is 2.48. The van der Waals surface area contributed by atoms with Gasteiger partial charge in [0.05, 0.1) is 5.69 Å². The van der Waals surface area contributed by atoms with Gasteiger partial charge in [-0.1, -0.05) is 178 Å². The van der Waals surface area contributed by atoms with Gasteiger partial charge in [0.2, 0.25) is 6.71 Å². The van der Waals surface area contributed by atoms with Crippen LogP contribution in [-0.2, 0) is 11.8 Å². The Hall–Kier alpha value is -7.82. The van der Waals surface area contributed by atoms with Crippen molar-refractivity contribution in [2.45, 2.75) is 92.7 Å². The van der Waals surface area contributed by atoms with Crippen LogP contribution in [0.25, 0.3) is 0 Å². The predicted molar refractivity (Wildman–Crippen MR) is 380 cm³/mol. The summed E-state index contributed by atoms with van der Waals surface area (Å²) < 4.78 is 1.28. The molecule has 0 aliphatic carbocycles. The minimum Gasteiger partial charge on any atom is -0.311 e. The fourth-order valence-electron chi connectivity index (χ4n) is 14.1. The molecule has 0 spiro atoms. The lowest BCUT2D eigenvalue weighted by Crippen LogP contribution is -2.65. The monoisotopic (exact) mass is 1260 g/mol. The maximum absolute atomic E-state index is 2.70. The van der Waals surface area contributed by atoms with E-state index >= 15 is 0 Å². The number of hydrogen-bond acceptors (Lipinski definition) is 6. The van der Waals surface area contributed by atoms with Crippen molar-refractivity contribution in [1.29, 1.82) is 0 Å². The molecule has 86 heavy (non-hydrogen) atoms. The van der Waals surface area contributed by atoms with Crippen LogP contribution in [-0.4, -0.2) is 13.4 Å². The number of unbranched alkanes of at least 4 members (excludes halogenated alkanes) is 1. The highest BCUT2D eigenvalue weighted by molar-refractivity contribution is 14.1. The lowest BCUT2D eigenvalue weighted by molar-refractivity contribution is 0.592. The summed E-state index contributed by atoms with van der Waals surface area (Å²) in [4.78, 5) is 15.4. The molecule has 4 aliphatic heterocycles. The van der Waals surface area contributed by atoms with E-state index in [1.54, 1.807) is 0 Å². The normalized spacial score (nSPS) is 13.3. The van der Waals surface area contributed by atoms with Crippen molar-refractivity contribution in [2.75, 3.05) is 19.6 Å². The van der Waals surface area contributed by atoms with Crippen molar-refractivity contribution in [3.05, 3.63) is 262 Å². The van der Waals surface area contributed by atoms with E-state index in [0.717, 1.165) is 59.1 Å². The van der Waals surface area contributed by atoms with Gasteiger partial charge >= 0.3 is 0 Å². The third-order valence-corrected chi connectivity index (χ3v) is 20.8. The molecule has 0 saturated heterocycles. The van der Waals surface area contributed by atoms with Gasteiger partial charge in [0, 0.05) is 85.7 Å². The van der Waals surface area contributed by atoms with E-state index in [2.05, 4.69) is 321 Å². The second-order valence-electron chi connectivity index (χ2n) is 24.7. The van der Waals surface area contributed by atoms with Gasteiger partial charge < -0.3 is 19.6 Å². The summed E-state index contributed by atoms with van der Waals surface area (Å²) in [6.45, 7) is 16.3. The van der Waals surface area contributed by atoms with Crippen molar-refractivity contribution >= 4 is 161 Å². The van der Waals surface area contributed by atoms with Crippen molar-refractivity contribution in [3.8, 4) is 0 Å². The summed E-state index contributed by atoms with van der Waals surface area (Å²) in [6.07, 6.45) is 3.33. The van der Waals surface area contributed by atoms with Crippen LogP contribution < -0.4 is 52.4 Å². The first kappa shape index (κ1) is 54.8. The molecule has 11 aromatic carbocycles. The summed E-state index contributed by atoms with van der Waals surface area (Å²) in [6, 6.07) is 87.3. The number of halogens is 1. The highest BCUT2D eigenvalue weighted by Crippen LogP contribution is 2.51. The van der Waals surface area contributed by atoms with E-state index in [4.69, 9.17) is 0 Å². The van der Waals surface area contributed by atoms with E-state index in [1.807, 2.05) is 23.5 Å². The molecule has 418 valence electrons. The zero-order valence-electron chi connectivity index (χ0n) is 49.7. The number of fused-ring (bicyclic) bond motifs is 8. The van der Waals surface area contributed by atoms with Crippen LogP contribution in [0, 0.1) is 24.3 Å². The minimum absolute atomic E-state index is 0.00668.